The minimum Gasteiger partial charge on any atom is -0.492 e. The number of ether oxygens (including phenoxy) is 2. The second-order valence-corrected chi connectivity index (χ2v) is 7.93. The second-order valence-electron chi connectivity index (χ2n) is 6.90. The summed E-state index contributed by atoms with van der Waals surface area (Å²) in [4.78, 5) is 28.9. The second kappa shape index (κ2) is 9.37. The number of nitrogens with zero attached hydrogens (tertiary/aromatic N) is 2. The highest BCUT2D eigenvalue weighted by molar-refractivity contribution is 7.22. The van der Waals surface area contributed by atoms with Crippen LogP contribution in [-0.2, 0) is 4.74 Å². The zero-order valence-corrected chi connectivity index (χ0v) is 17.7. The number of fused-ring (bicyclic) bond motifs is 1. The number of hydrogen-bond acceptors (Lipinski definition) is 7. The molecule has 0 fully saturated rings. The number of nitriles is 1. The molecule has 0 aliphatic carbocycles. The third-order valence-corrected chi connectivity index (χ3v) is 4.99. The molecule has 1 heterocycles. The topological polar surface area (TPSA) is 101 Å². The lowest BCUT2D eigenvalue weighted by atomic mass is 10.1. The molecule has 0 radical (unpaired) electrons. The lowest BCUT2D eigenvalue weighted by Crippen LogP contribution is -2.12. The fourth-order valence-electron chi connectivity index (χ4n) is 2.63. The van der Waals surface area contributed by atoms with Gasteiger partial charge in [0.25, 0.3) is 5.91 Å². The zero-order valence-electron chi connectivity index (χ0n) is 16.9. The summed E-state index contributed by atoms with van der Waals surface area (Å²) in [6, 6.07) is 11.8. The summed E-state index contributed by atoms with van der Waals surface area (Å²) in [5.74, 6) is -0.00842. The van der Waals surface area contributed by atoms with Gasteiger partial charge < -0.3 is 9.47 Å². The van der Waals surface area contributed by atoms with Crippen LogP contribution in [0, 0.1) is 17.2 Å². The Bertz CT molecular complexity index is 1130. The molecule has 154 valence electrons. The summed E-state index contributed by atoms with van der Waals surface area (Å²) in [5.41, 5.74) is 1.72. The Kier molecular flexibility index (Phi) is 6.65. The van der Waals surface area contributed by atoms with Gasteiger partial charge in [0.2, 0.25) is 0 Å². The summed E-state index contributed by atoms with van der Waals surface area (Å²) in [6.45, 7) is 6.56. The van der Waals surface area contributed by atoms with Crippen molar-refractivity contribution in [2.75, 3.05) is 18.5 Å². The highest BCUT2D eigenvalue weighted by Gasteiger charge is 2.15. The van der Waals surface area contributed by atoms with E-state index >= 15 is 0 Å². The Balaban J connectivity index is 1.77. The molecular weight excluding hydrogens is 402 g/mol. The van der Waals surface area contributed by atoms with Crippen LogP contribution in [0.1, 0.15) is 47.1 Å². The van der Waals surface area contributed by atoms with Crippen LogP contribution < -0.4 is 10.1 Å². The van der Waals surface area contributed by atoms with Crippen molar-refractivity contribution in [3.8, 4) is 11.8 Å². The predicted octanol–water partition coefficient (Wildman–Crippen LogP) is 4.63. The number of aromatic nitrogens is 1. The molecule has 1 aromatic heterocycles. The summed E-state index contributed by atoms with van der Waals surface area (Å²) < 4.78 is 11.4. The molecule has 0 spiro atoms. The minimum atomic E-state index is -0.401. The Hall–Kier alpha value is -3.44. The standard InChI is InChI=1S/C22H21N3O4S/c1-4-28-21(27)15-5-7-17-19(10-15)30-22(24-17)25-20(26)14-6-8-18(16(9-14)11-23)29-12-13(2)3/h5-10,13H,4,12H2,1-3H3,(H,24,25,26). The maximum Gasteiger partial charge on any atom is 0.338 e. The molecule has 1 N–H and O–H groups in total. The third kappa shape index (κ3) is 4.93. The molecule has 1 amide bonds. The molecule has 30 heavy (non-hydrogen) atoms. The number of rotatable bonds is 7. The van der Waals surface area contributed by atoms with Crippen LogP contribution in [0.25, 0.3) is 10.2 Å². The van der Waals surface area contributed by atoms with Crippen LogP contribution in [0.3, 0.4) is 0 Å². The minimum absolute atomic E-state index is 0.298. The lowest BCUT2D eigenvalue weighted by Gasteiger charge is -2.11. The number of carbonyl (C=O) groups is 2. The smallest absolute Gasteiger partial charge is 0.338 e. The number of hydrogen-bond donors (Lipinski definition) is 1. The van der Waals surface area contributed by atoms with E-state index in [9.17, 15) is 14.9 Å². The van der Waals surface area contributed by atoms with E-state index in [1.807, 2.05) is 13.8 Å². The van der Waals surface area contributed by atoms with Gasteiger partial charge in [-0.15, -0.1) is 0 Å². The molecule has 0 unspecified atom stereocenters. The van der Waals surface area contributed by atoms with Crippen molar-refractivity contribution in [2.24, 2.45) is 5.92 Å². The lowest BCUT2D eigenvalue weighted by molar-refractivity contribution is 0.0526. The molecule has 2 aromatic carbocycles. The molecule has 3 rings (SSSR count). The van der Waals surface area contributed by atoms with E-state index in [-0.39, 0.29) is 5.91 Å². The maximum absolute atomic E-state index is 12.6. The average Bonchev–Trinajstić information content (AvgIpc) is 3.13. The van der Waals surface area contributed by atoms with Crippen molar-refractivity contribution in [2.45, 2.75) is 20.8 Å². The number of benzene rings is 2. The summed E-state index contributed by atoms with van der Waals surface area (Å²) >= 11 is 1.25. The molecular formula is C22H21N3O4S. The van der Waals surface area contributed by atoms with Gasteiger partial charge in [-0.25, -0.2) is 9.78 Å². The van der Waals surface area contributed by atoms with E-state index in [4.69, 9.17) is 9.47 Å². The van der Waals surface area contributed by atoms with Crippen molar-refractivity contribution in [3.05, 3.63) is 53.1 Å². The highest BCUT2D eigenvalue weighted by atomic mass is 32.1. The van der Waals surface area contributed by atoms with Crippen molar-refractivity contribution in [1.29, 1.82) is 5.26 Å². The summed E-state index contributed by atoms with van der Waals surface area (Å²) in [6.07, 6.45) is 0. The molecule has 0 bridgehead atoms. The molecule has 3 aromatic rings. The number of thiazole rings is 1. The molecule has 0 atom stereocenters. The number of carbonyl (C=O) groups excluding carboxylic acids is 2. The Morgan fingerprint density at radius 2 is 1.97 bits per heavy atom. The van der Waals surface area contributed by atoms with Crippen molar-refractivity contribution in [1.82, 2.24) is 4.98 Å². The molecule has 0 saturated heterocycles. The van der Waals surface area contributed by atoms with E-state index in [0.717, 1.165) is 4.70 Å². The van der Waals surface area contributed by atoms with Crippen LogP contribution >= 0.6 is 11.3 Å². The number of esters is 1. The first kappa shape index (κ1) is 21.3. The first-order valence-corrected chi connectivity index (χ1v) is 10.3. The zero-order chi connectivity index (χ0) is 21.7. The van der Waals surface area contributed by atoms with E-state index in [1.54, 1.807) is 37.3 Å². The van der Waals surface area contributed by atoms with Crippen LogP contribution in [0.5, 0.6) is 5.75 Å². The first-order chi connectivity index (χ1) is 14.4. The van der Waals surface area contributed by atoms with Gasteiger partial charge in [-0.3, -0.25) is 10.1 Å². The summed E-state index contributed by atoms with van der Waals surface area (Å²) in [5, 5.41) is 12.5. The van der Waals surface area contributed by atoms with E-state index in [2.05, 4.69) is 16.4 Å². The average molecular weight is 423 g/mol. The SMILES string of the molecule is CCOC(=O)c1ccc2nc(NC(=O)c3ccc(OCC(C)C)c(C#N)c3)sc2c1. The van der Waals surface area contributed by atoms with Crippen LogP contribution in [0.4, 0.5) is 5.13 Å². The van der Waals surface area contributed by atoms with Gasteiger partial charge in [-0.05, 0) is 49.2 Å². The molecule has 0 aliphatic heterocycles. The van der Waals surface area contributed by atoms with Crippen molar-refractivity contribution >= 4 is 38.6 Å². The van der Waals surface area contributed by atoms with Crippen molar-refractivity contribution in [3.63, 3.8) is 0 Å². The van der Waals surface area contributed by atoms with Gasteiger partial charge in [-0.2, -0.15) is 5.26 Å². The van der Waals surface area contributed by atoms with E-state index in [0.29, 0.717) is 52.2 Å². The molecule has 0 saturated carbocycles. The number of anilines is 1. The number of amides is 1. The van der Waals surface area contributed by atoms with Crippen LogP contribution in [0.15, 0.2) is 36.4 Å². The van der Waals surface area contributed by atoms with Crippen molar-refractivity contribution < 1.29 is 19.1 Å². The van der Waals surface area contributed by atoms with E-state index < -0.39 is 5.97 Å². The number of nitrogens with one attached hydrogen (secondary N) is 1. The molecule has 7 nitrogen and oxygen atoms in total. The molecule has 0 aliphatic rings. The Labute approximate surface area is 178 Å². The Morgan fingerprint density at radius 3 is 2.67 bits per heavy atom. The fraction of sp³-hybridized carbons (Fsp3) is 0.273. The quantitative estimate of drug-likeness (QED) is 0.556. The maximum atomic E-state index is 12.6. The van der Waals surface area contributed by atoms with Gasteiger partial charge in [-0.1, -0.05) is 25.2 Å². The molecule has 8 heteroatoms. The third-order valence-electron chi connectivity index (χ3n) is 4.05. The van der Waals surface area contributed by atoms with Gasteiger partial charge in [0.15, 0.2) is 5.13 Å². The largest absolute Gasteiger partial charge is 0.492 e. The highest BCUT2D eigenvalue weighted by Crippen LogP contribution is 2.28. The predicted molar refractivity (Wildman–Crippen MR) is 115 cm³/mol. The fourth-order valence-corrected chi connectivity index (χ4v) is 3.53. The van der Waals surface area contributed by atoms with Crippen LogP contribution in [-0.4, -0.2) is 30.1 Å². The van der Waals surface area contributed by atoms with Gasteiger partial charge >= 0.3 is 5.97 Å². The van der Waals surface area contributed by atoms with Gasteiger partial charge in [0.1, 0.15) is 11.8 Å². The Morgan fingerprint density at radius 1 is 1.20 bits per heavy atom. The summed E-state index contributed by atoms with van der Waals surface area (Å²) in [7, 11) is 0. The first-order valence-electron chi connectivity index (χ1n) is 9.47. The van der Waals surface area contributed by atoms with E-state index in [1.165, 1.54) is 17.4 Å². The van der Waals surface area contributed by atoms with Gasteiger partial charge in [0, 0.05) is 5.56 Å². The normalized spacial score (nSPS) is 10.6. The monoisotopic (exact) mass is 423 g/mol. The van der Waals surface area contributed by atoms with Crippen LogP contribution in [0.2, 0.25) is 0 Å². The van der Waals surface area contributed by atoms with Gasteiger partial charge in [0.05, 0.1) is 34.6 Å².